The summed E-state index contributed by atoms with van der Waals surface area (Å²) >= 11 is 0. The third-order valence-corrected chi connectivity index (χ3v) is 5.34. The summed E-state index contributed by atoms with van der Waals surface area (Å²) in [4.78, 5) is 17.9. The van der Waals surface area contributed by atoms with Gasteiger partial charge in [-0.2, -0.15) is 0 Å². The molecule has 2 N–H and O–H groups in total. The molecule has 5 rings (SSSR count). The van der Waals surface area contributed by atoms with Crippen molar-refractivity contribution in [2.75, 3.05) is 0 Å². The molecule has 0 atom stereocenters. The number of benzene rings is 3. The van der Waals surface area contributed by atoms with Gasteiger partial charge in [0.25, 0.3) is 0 Å². The fourth-order valence-electron chi connectivity index (χ4n) is 4.00. The number of nitrogens with one attached hydrogen (secondary N) is 2. The smallest absolute Gasteiger partial charge is 0.0715 e. The monoisotopic (exact) mass is 365 g/mol. The van der Waals surface area contributed by atoms with Gasteiger partial charge >= 0.3 is 0 Å². The normalized spacial score (nSPS) is 11.5. The van der Waals surface area contributed by atoms with Crippen molar-refractivity contribution in [1.82, 2.24) is 9.97 Å². The lowest BCUT2D eigenvalue weighted by atomic mass is 9.84. The second-order valence-corrected chi connectivity index (χ2v) is 6.92. The van der Waals surface area contributed by atoms with Gasteiger partial charge in [-0.15, -0.1) is 0 Å². The molecular formula is C24H17N2O2-. The quantitative estimate of drug-likeness (QED) is 0.501. The zero-order chi connectivity index (χ0) is 19.1. The Hall–Kier alpha value is -3.79. The van der Waals surface area contributed by atoms with E-state index < -0.39 is 5.97 Å². The molecule has 0 saturated carbocycles. The number of aromatic carboxylic acids is 1. The van der Waals surface area contributed by atoms with E-state index in [0.717, 1.165) is 38.5 Å². The Labute approximate surface area is 161 Å². The lowest BCUT2D eigenvalue weighted by Gasteiger charge is -2.18. The molecule has 0 unspecified atom stereocenters. The minimum atomic E-state index is -1.16. The molecule has 5 aromatic rings. The van der Waals surface area contributed by atoms with Crippen LogP contribution in [0.3, 0.4) is 0 Å². The lowest BCUT2D eigenvalue weighted by Crippen LogP contribution is -2.22. The fourth-order valence-corrected chi connectivity index (χ4v) is 4.00. The molecule has 2 aromatic heterocycles. The zero-order valence-corrected chi connectivity index (χ0v) is 15.0. The van der Waals surface area contributed by atoms with E-state index in [9.17, 15) is 9.90 Å². The summed E-state index contributed by atoms with van der Waals surface area (Å²) in [6, 6.07) is 23.4. The Morgan fingerprint density at radius 2 is 1.21 bits per heavy atom. The highest BCUT2D eigenvalue weighted by molar-refractivity contribution is 5.89. The Morgan fingerprint density at radius 1 is 0.714 bits per heavy atom. The summed E-state index contributed by atoms with van der Waals surface area (Å²) in [6.45, 7) is 0. The average molecular weight is 365 g/mol. The van der Waals surface area contributed by atoms with Crippen molar-refractivity contribution in [3.63, 3.8) is 0 Å². The molecule has 2 heterocycles. The van der Waals surface area contributed by atoms with Crippen LogP contribution >= 0.6 is 0 Å². The second kappa shape index (κ2) is 6.43. The number of carbonyl (C=O) groups excluding carboxylic acids is 1. The molecule has 0 radical (unpaired) electrons. The molecule has 0 aliphatic carbocycles. The number of carboxylic acid groups (broad SMARTS) is 1. The van der Waals surface area contributed by atoms with E-state index >= 15 is 0 Å². The Bertz CT molecular complexity index is 1220. The van der Waals surface area contributed by atoms with Gasteiger partial charge in [0.05, 0.1) is 5.97 Å². The van der Waals surface area contributed by atoms with E-state index in [4.69, 9.17) is 0 Å². The molecule has 0 aliphatic heterocycles. The minimum Gasteiger partial charge on any atom is -0.545 e. The van der Waals surface area contributed by atoms with Crippen LogP contribution in [0, 0.1) is 0 Å². The highest BCUT2D eigenvalue weighted by Gasteiger charge is 2.23. The van der Waals surface area contributed by atoms with Crippen molar-refractivity contribution < 1.29 is 9.90 Å². The number of rotatable bonds is 4. The van der Waals surface area contributed by atoms with Crippen molar-refractivity contribution in [3.05, 3.63) is 107 Å². The topological polar surface area (TPSA) is 71.7 Å². The second-order valence-electron chi connectivity index (χ2n) is 6.92. The third-order valence-electron chi connectivity index (χ3n) is 5.34. The molecule has 0 spiro atoms. The number of carbonyl (C=O) groups is 1. The van der Waals surface area contributed by atoms with Crippen LogP contribution in [0.15, 0.2) is 85.2 Å². The number of hydrogen-bond donors (Lipinski definition) is 2. The van der Waals surface area contributed by atoms with E-state index in [1.165, 1.54) is 0 Å². The molecule has 28 heavy (non-hydrogen) atoms. The maximum absolute atomic E-state index is 11.2. The SMILES string of the molecule is O=C([O-])c1ccc(C(c2c[nH]c3ccccc23)c2c[nH]c3ccccc23)cc1. The van der Waals surface area contributed by atoms with Crippen molar-refractivity contribution in [2.24, 2.45) is 0 Å². The first-order valence-electron chi connectivity index (χ1n) is 9.16. The molecule has 136 valence electrons. The van der Waals surface area contributed by atoms with Gasteiger partial charge in [0, 0.05) is 40.1 Å². The molecular weight excluding hydrogens is 348 g/mol. The first kappa shape index (κ1) is 16.4. The van der Waals surface area contributed by atoms with Crippen LogP contribution in [-0.4, -0.2) is 15.9 Å². The minimum absolute atomic E-state index is 0.0388. The van der Waals surface area contributed by atoms with Crippen LogP contribution in [-0.2, 0) is 0 Å². The number of aromatic nitrogens is 2. The summed E-state index contributed by atoms with van der Waals surface area (Å²) in [5.41, 5.74) is 5.67. The highest BCUT2D eigenvalue weighted by atomic mass is 16.4. The van der Waals surface area contributed by atoms with Gasteiger partial charge in [-0.3, -0.25) is 0 Å². The summed E-state index contributed by atoms with van der Waals surface area (Å²) in [5, 5.41) is 13.5. The Balaban J connectivity index is 1.76. The molecule has 0 fully saturated rings. The van der Waals surface area contributed by atoms with Gasteiger partial charge in [-0.1, -0.05) is 60.7 Å². The van der Waals surface area contributed by atoms with Gasteiger partial charge in [0.1, 0.15) is 0 Å². The van der Waals surface area contributed by atoms with Crippen LogP contribution in [0.2, 0.25) is 0 Å². The largest absolute Gasteiger partial charge is 0.545 e. The van der Waals surface area contributed by atoms with Crippen molar-refractivity contribution in [1.29, 1.82) is 0 Å². The summed E-state index contributed by atoms with van der Waals surface area (Å²) in [7, 11) is 0. The maximum atomic E-state index is 11.2. The van der Waals surface area contributed by atoms with Gasteiger partial charge in [-0.05, 0) is 34.4 Å². The summed E-state index contributed by atoms with van der Waals surface area (Å²) < 4.78 is 0. The number of carboxylic acids is 1. The lowest BCUT2D eigenvalue weighted by molar-refractivity contribution is -0.255. The fraction of sp³-hybridized carbons (Fsp3) is 0.0417. The first-order chi connectivity index (χ1) is 13.7. The molecule has 0 amide bonds. The summed E-state index contributed by atoms with van der Waals surface area (Å²) in [5.74, 6) is -1.20. The Morgan fingerprint density at radius 3 is 1.71 bits per heavy atom. The third kappa shape index (κ3) is 2.58. The van der Waals surface area contributed by atoms with Crippen LogP contribution in [0.25, 0.3) is 21.8 Å². The standard InChI is InChI=1S/C24H18N2O2/c27-24(28)16-11-9-15(10-12-16)23(19-13-25-21-7-3-1-5-17(19)21)20-14-26-22-8-4-2-6-18(20)22/h1-14,23,25-26H,(H,27,28)/p-1. The molecule has 0 bridgehead atoms. The molecule has 0 saturated heterocycles. The van der Waals surface area contributed by atoms with E-state index in [1.54, 1.807) is 12.1 Å². The van der Waals surface area contributed by atoms with Crippen LogP contribution < -0.4 is 5.11 Å². The van der Waals surface area contributed by atoms with Crippen LogP contribution in [0.1, 0.15) is 33.0 Å². The number of para-hydroxylation sites is 2. The highest BCUT2D eigenvalue weighted by Crippen LogP contribution is 2.39. The number of aromatic amines is 2. The molecule has 0 aliphatic rings. The Kier molecular flexibility index (Phi) is 3.76. The van der Waals surface area contributed by atoms with Crippen LogP contribution in [0.4, 0.5) is 0 Å². The van der Waals surface area contributed by atoms with Crippen LogP contribution in [0.5, 0.6) is 0 Å². The number of fused-ring (bicyclic) bond motifs is 2. The van der Waals surface area contributed by atoms with Crippen molar-refractivity contribution in [3.8, 4) is 0 Å². The number of hydrogen-bond acceptors (Lipinski definition) is 2. The van der Waals surface area contributed by atoms with Gasteiger partial charge in [0.2, 0.25) is 0 Å². The zero-order valence-electron chi connectivity index (χ0n) is 15.0. The van der Waals surface area contributed by atoms with Crippen molar-refractivity contribution >= 4 is 27.8 Å². The van der Waals surface area contributed by atoms with Crippen molar-refractivity contribution in [2.45, 2.75) is 5.92 Å². The predicted molar refractivity (Wildman–Crippen MR) is 108 cm³/mol. The van der Waals surface area contributed by atoms with E-state index in [1.807, 2.05) is 48.8 Å². The first-order valence-corrected chi connectivity index (χ1v) is 9.16. The molecule has 4 nitrogen and oxygen atoms in total. The van der Waals surface area contributed by atoms with E-state index in [-0.39, 0.29) is 11.5 Å². The predicted octanol–water partition coefficient (Wildman–Crippen LogP) is 4.19. The summed E-state index contributed by atoms with van der Waals surface area (Å²) in [6.07, 6.45) is 4.09. The molecule has 4 heteroatoms. The van der Waals surface area contributed by atoms with E-state index in [2.05, 4.69) is 34.2 Å². The van der Waals surface area contributed by atoms with Gasteiger partial charge < -0.3 is 19.9 Å². The number of H-pyrrole nitrogens is 2. The maximum Gasteiger partial charge on any atom is 0.0715 e. The van der Waals surface area contributed by atoms with Gasteiger partial charge in [-0.25, -0.2) is 0 Å². The average Bonchev–Trinajstić information content (AvgIpc) is 3.34. The van der Waals surface area contributed by atoms with Gasteiger partial charge in [0.15, 0.2) is 0 Å². The molecule has 3 aromatic carbocycles. The van der Waals surface area contributed by atoms with E-state index in [0.29, 0.717) is 0 Å².